The molecule has 0 fully saturated rings. The lowest BCUT2D eigenvalue weighted by Crippen LogP contribution is -2.06. The van der Waals surface area contributed by atoms with Gasteiger partial charge in [-0.3, -0.25) is 4.79 Å². The topological polar surface area (TPSA) is 52.3 Å². The zero-order valence-corrected chi connectivity index (χ0v) is 12.7. The van der Waals surface area contributed by atoms with Gasteiger partial charge in [0, 0.05) is 5.56 Å². The Morgan fingerprint density at radius 1 is 1.35 bits per heavy atom. The first kappa shape index (κ1) is 15.2. The molecule has 0 radical (unpaired) electrons. The van der Waals surface area contributed by atoms with Gasteiger partial charge in [-0.1, -0.05) is 34.4 Å². The number of carbonyl (C=O) groups excluding carboxylic acids is 1. The first-order valence-corrected chi connectivity index (χ1v) is 6.94. The van der Waals surface area contributed by atoms with E-state index < -0.39 is 5.97 Å². The number of esters is 1. The summed E-state index contributed by atoms with van der Waals surface area (Å²) in [5.74, 6) is -0.214. The van der Waals surface area contributed by atoms with E-state index in [1.54, 1.807) is 25.1 Å². The molecule has 0 spiro atoms. The van der Waals surface area contributed by atoms with Crippen molar-refractivity contribution < 1.29 is 14.1 Å². The fraction of sp³-hybridized carbons (Fsp3) is 0.231. The standard InChI is InChI=1S/C13H10Cl3NO3/c1-7-8(6-19-11(18)5-14)13(17-20-7)12-9(15)3-2-4-10(12)16/h2-4H,5-6H2,1H3. The Morgan fingerprint density at radius 3 is 2.60 bits per heavy atom. The molecule has 0 atom stereocenters. The number of rotatable bonds is 4. The summed E-state index contributed by atoms with van der Waals surface area (Å²) in [5, 5.41) is 4.82. The SMILES string of the molecule is Cc1onc(-c2c(Cl)cccc2Cl)c1COC(=O)CCl. The van der Waals surface area contributed by atoms with Crippen LogP contribution in [0, 0.1) is 6.92 Å². The highest BCUT2D eigenvalue weighted by molar-refractivity contribution is 6.39. The van der Waals surface area contributed by atoms with Gasteiger partial charge in [0.1, 0.15) is 23.9 Å². The second-order valence-corrected chi connectivity index (χ2v) is 5.04. The molecule has 0 saturated heterocycles. The van der Waals surface area contributed by atoms with Crippen LogP contribution in [-0.2, 0) is 16.1 Å². The molecule has 1 aromatic carbocycles. The molecule has 1 aromatic heterocycles. The van der Waals surface area contributed by atoms with Crippen molar-refractivity contribution >= 4 is 40.8 Å². The number of ether oxygens (including phenoxy) is 1. The van der Waals surface area contributed by atoms with Crippen LogP contribution in [-0.4, -0.2) is 17.0 Å². The van der Waals surface area contributed by atoms with Crippen molar-refractivity contribution in [1.82, 2.24) is 5.16 Å². The molecule has 0 aliphatic carbocycles. The van der Waals surface area contributed by atoms with Crippen molar-refractivity contribution in [2.24, 2.45) is 0 Å². The third-order valence-electron chi connectivity index (χ3n) is 2.67. The summed E-state index contributed by atoms with van der Waals surface area (Å²) in [6, 6.07) is 5.12. The normalized spacial score (nSPS) is 10.6. The van der Waals surface area contributed by atoms with E-state index in [0.717, 1.165) is 0 Å². The highest BCUT2D eigenvalue weighted by Crippen LogP contribution is 2.36. The summed E-state index contributed by atoms with van der Waals surface area (Å²) in [6.07, 6.45) is 0. The number of hydrogen-bond acceptors (Lipinski definition) is 4. The number of aromatic nitrogens is 1. The Kier molecular flexibility index (Phi) is 4.91. The highest BCUT2D eigenvalue weighted by Gasteiger charge is 2.20. The molecule has 0 aliphatic heterocycles. The summed E-state index contributed by atoms with van der Waals surface area (Å²) < 4.78 is 10.1. The molecular weight excluding hydrogens is 325 g/mol. The minimum Gasteiger partial charge on any atom is -0.460 e. The minimum absolute atomic E-state index is 0.00221. The number of carbonyl (C=O) groups is 1. The van der Waals surface area contributed by atoms with E-state index in [4.69, 9.17) is 44.1 Å². The summed E-state index contributed by atoms with van der Waals surface area (Å²) in [7, 11) is 0. The van der Waals surface area contributed by atoms with E-state index in [1.165, 1.54) is 0 Å². The van der Waals surface area contributed by atoms with Crippen molar-refractivity contribution in [3.05, 3.63) is 39.6 Å². The molecule has 20 heavy (non-hydrogen) atoms. The number of hydrogen-bond donors (Lipinski definition) is 0. The number of aryl methyl sites for hydroxylation is 1. The predicted molar refractivity (Wildman–Crippen MR) is 77.2 cm³/mol. The third kappa shape index (κ3) is 3.08. The molecule has 0 saturated carbocycles. The van der Waals surface area contributed by atoms with Crippen molar-refractivity contribution in [3.8, 4) is 11.3 Å². The van der Waals surface area contributed by atoms with Gasteiger partial charge < -0.3 is 9.26 Å². The summed E-state index contributed by atoms with van der Waals surface area (Å²) in [5.41, 5.74) is 1.61. The molecule has 0 unspecified atom stereocenters. The Morgan fingerprint density at radius 2 is 2.00 bits per heavy atom. The lowest BCUT2D eigenvalue weighted by molar-refractivity contribution is -0.141. The Bertz CT molecular complexity index is 620. The van der Waals surface area contributed by atoms with Crippen LogP contribution in [0.3, 0.4) is 0 Å². The predicted octanol–water partition coefficient (Wildman–Crippen LogP) is 4.24. The molecule has 106 valence electrons. The quantitative estimate of drug-likeness (QED) is 0.620. The fourth-order valence-corrected chi connectivity index (χ4v) is 2.33. The van der Waals surface area contributed by atoms with E-state index in [9.17, 15) is 4.79 Å². The van der Waals surface area contributed by atoms with Crippen LogP contribution in [0.2, 0.25) is 10.0 Å². The van der Waals surface area contributed by atoms with Crippen molar-refractivity contribution in [2.75, 3.05) is 5.88 Å². The second-order valence-electron chi connectivity index (χ2n) is 3.96. The fourth-order valence-electron chi connectivity index (χ4n) is 1.67. The van der Waals surface area contributed by atoms with Gasteiger partial charge in [0.15, 0.2) is 0 Å². The van der Waals surface area contributed by atoms with Crippen molar-refractivity contribution in [1.29, 1.82) is 0 Å². The zero-order valence-electron chi connectivity index (χ0n) is 10.5. The maximum atomic E-state index is 11.1. The van der Waals surface area contributed by atoms with Crippen LogP contribution in [0.15, 0.2) is 22.7 Å². The van der Waals surface area contributed by atoms with Crippen molar-refractivity contribution in [2.45, 2.75) is 13.5 Å². The highest BCUT2D eigenvalue weighted by atomic mass is 35.5. The number of nitrogens with zero attached hydrogens (tertiary/aromatic N) is 1. The molecule has 7 heteroatoms. The van der Waals surface area contributed by atoms with E-state index in [0.29, 0.717) is 32.6 Å². The van der Waals surface area contributed by atoms with Gasteiger partial charge in [-0.15, -0.1) is 11.6 Å². The van der Waals surface area contributed by atoms with Gasteiger partial charge in [-0.2, -0.15) is 0 Å². The van der Waals surface area contributed by atoms with Gasteiger partial charge in [-0.05, 0) is 19.1 Å². The number of benzene rings is 1. The Labute approximate surface area is 130 Å². The number of halogens is 3. The molecule has 4 nitrogen and oxygen atoms in total. The Balaban J connectivity index is 2.41. The average molecular weight is 335 g/mol. The second kappa shape index (κ2) is 6.48. The first-order valence-electron chi connectivity index (χ1n) is 5.65. The zero-order chi connectivity index (χ0) is 14.7. The van der Waals surface area contributed by atoms with E-state index >= 15 is 0 Å². The maximum Gasteiger partial charge on any atom is 0.321 e. The van der Waals surface area contributed by atoms with Crippen LogP contribution in [0.25, 0.3) is 11.3 Å². The third-order valence-corrected chi connectivity index (χ3v) is 3.52. The summed E-state index contributed by atoms with van der Waals surface area (Å²) in [6.45, 7) is 1.71. The van der Waals surface area contributed by atoms with Crippen LogP contribution in [0.1, 0.15) is 11.3 Å². The first-order chi connectivity index (χ1) is 9.54. The van der Waals surface area contributed by atoms with E-state index in [-0.39, 0.29) is 12.5 Å². The van der Waals surface area contributed by atoms with E-state index in [2.05, 4.69) is 5.16 Å². The van der Waals surface area contributed by atoms with Gasteiger partial charge in [-0.25, -0.2) is 0 Å². The van der Waals surface area contributed by atoms with Gasteiger partial charge in [0.2, 0.25) is 0 Å². The molecule has 1 heterocycles. The molecule has 0 aliphatic rings. The molecule has 0 bridgehead atoms. The van der Waals surface area contributed by atoms with Gasteiger partial charge in [0.05, 0.1) is 15.6 Å². The van der Waals surface area contributed by atoms with Gasteiger partial charge >= 0.3 is 5.97 Å². The van der Waals surface area contributed by atoms with Crippen molar-refractivity contribution in [3.63, 3.8) is 0 Å². The maximum absolute atomic E-state index is 11.1. The summed E-state index contributed by atoms with van der Waals surface area (Å²) >= 11 is 17.7. The molecule has 0 amide bonds. The van der Waals surface area contributed by atoms with Gasteiger partial charge in [0.25, 0.3) is 0 Å². The molecular formula is C13H10Cl3NO3. The van der Waals surface area contributed by atoms with E-state index in [1.807, 2.05) is 0 Å². The largest absolute Gasteiger partial charge is 0.460 e. The van der Waals surface area contributed by atoms with Crippen LogP contribution in [0.4, 0.5) is 0 Å². The van der Waals surface area contributed by atoms with Crippen LogP contribution in [0.5, 0.6) is 0 Å². The molecule has 0 N–H and O–H groups in total. The smallest absolute Gasteiger partial charge is 0.321 e. The monoisotopic (exact) mass is 333 g/mol. The molecule has 2 aromatic rings. The lowest BCUT2D eigenvalue weighted by atomic mass is 10.1. The molecule has 2 rings (SSSR count). The Hall–Kier alpha value is -1.23. The minimum atomic E-state index is -0.525. The van der Waals surface area contributed by atoms with Crippen LogP contribution < -0.4 is 0 Å². The number of alkyl halides is 1. The van der Waals surface area contributed by atoms with Crippen LogP contribution >= 0.6 is 34.8 Å². The lowest BCUT2D eigenvalue weighted by Gasteiger charge is -2.07. The summed E-state index contributed by atoms with van der Waals surface area (Å²) in [4.78, 5) is 11.1. The average Bonchev–Trinajstić information content (AvgIpc) is 2.77.